The van der Waals surface area contributed by atoms with Crippen molar-refractivity contribution in [3.63, 3.8) is 0 Å². The summed E-state index contributed by atoms with van der Waals surface area (Å²) < 4.78 is 21.6. The van der Waals surface area contributed by atoms with E-state index in [2.05, 4.69) is 5.32 Å². The van der Waals surface area contributed by atoms with Crippen molar-refractivity contribution in [1.29, 1.82) is 5.41 Å². The Kier molecular flexibility index (Phi) is 5.61. The van der Waals surface area contributed by atoms with Crippen LogP contribution in [0.3, 0.4) is 0 Å². The maximum absolute atomic E-state index is 10.8. The van der Waals surface area contributed by atoms with Crippen LogP contribution >= 0.6 is 15.2 Å². The normalized spacial score (nSPS) is 12.8. The molecular weight excluding hydrogens is 260 g/mol. The van der Waals surface area contributed by atoms with E-state index in [9.17, 15) is 9.13 Å². The minimum absolute atomic E-state index is 0.0838. The van der Waals surface area contributed by atoms with Crippen molar-refractivity contribution in [1.82, 2.24) is 5.32 Å². The van der Waals surface area contributed by atoms with Gasteiger partial charge in [-0.1, -0.05) is 0 Å². The number of rotatable bonds is 6. The van der Waals surface area contributed by atoms with Crippen LogP contribution in [0.15, 0.2) is 0 Å². The fraction of sp³-hybridized carbons (Fsp3) is 0.800. The Morgan fingerprint density at radius 3 is 2.00 bits per heavy atom. The molecule has 0 aliphatic heterocycles. The maximum Gasteiger partial charge on any atom is 0.340 e. The summed E-state index contributed by atoms with van der Waals surface area (Å²) >= 11 is 0. The summed E-state index contributed by atoms with van der Waals surface area (Å²) in [5.74, 6) is -0.316. The monoisotopic (exact) mass is 275 g/mol. The molecule has 0 rings (SSSR count). The summed E-state index contributed by atoms with van der Waals surface area (Å²) in [5.41, 5.74) is 4.95. The highest BCUT2D eigenvalue weighted by Gasteiger charge is 2.42. The Morgan fingerprint density at radius 2 is 1.69 bits per heavy atom. The molecule has 8 N–H and O–H groups in total. The zero-order valence-corrected chi connectivity index (χ0v) is 10.1. The van der Waals surface area contributed by atoms with E-state index in [0.717, 1.165) is 0 Å². The van der Waals surface area contributed by atoms with E-state index in [4.69, 9.17) is 30.7 Å². The third-order valence-corrected chi connectivity index (χ3v) is 5.61. The Bertz CT molecular complexity index is 313. The molecule has 0 aromatic rings. The first-order chi connectivity index (χ1) is 7.05. The van der Waals surface area contributed by atoms with Crippen molar-refractivity contribution in [3.05, 3.63) is 0 Å². The van der Waals surface area contributed by atoms with Gasteiger partial charge in [0.05, 0.1) is 0 Å². The summed E-state index contributed by atoms with van der Waals surface area (Å²) in [6.07, 6.45) is -0.269. The molecule has 96 valence electrons. The van der Waals surface area contributed by atoms with Gasteiger partial charge in [-0.05, 0) is 12.8 Å². The third-order valence-electron chi connectivity index (χ3n) is 1.73. The van der Waals surface area contributed by atoms with Crippen LogP contribution in [0.4, 0.5) is 0 Å². The van der Waals surface area contributed by atoms with Gasteiger partial charge in [-0.25, -0.2) is 0 Å². The van der Waals surface area contributed by atoms with Gasteiger partial charge in [0.15, 0.2) is 11.4 Å². The molecule has 0 aliphatic rings. The minimum atomic E-state index is -4.84. The predicted molar refractivity (Wildman–Crippen MR) is 57.0 cm³/mol. The average molecular weight is 275 g/mol. The highest BCUT2D eigenvalue weighted by molar-refractivity contribution is 7.70. The smallest absolute Gasteiger partial charge is 0.340 e. The lowest BCUT2D eigenvalue weighted by molar-refractivity contribution is 0.334. The van der Waals surface area contributed by atoms with Crippen molar-refractivity contribution in [2.45, 2.75) is 18.2 Å². The van der Waals surface area contributed by atoms with Crippen LogP contribution < -0.4 is 11.1 Å². The van der Waals surface area contributed by atoms with Crippen LogP contribution in [-0.4, -0.2) is 37.5 Å². The van der Waals surface area contributed by atoms with Gasteiger partial charge in [0.25, 0.3) is 0 Å². The summed E-state index contributed by atoms with van der Waals surface area (Å²) in [5, 5.41) is 7.15. The Morgan fingerprint density at radius 1 is 1.25 bits per heavy atom. The first-order valence-electron chi connectivity index (χ1n) is 4.23. The second kappa shape index (κ2) is 5.77. The van der Waals surface area contributed by atoms with Gasteiger partial charge in [-0.15, -0.1) is 0 Å². The van der Waals surface area contributed by atoms with E-state index in [1.54, 1.807) is 0 Å². The molecule has 0 amide bonds. The van der Waals surface area contributed by atoms with Crippen molar-refractivity contribution in [2.75, 3.05) is 6.54 Å². The number of guanidine groups is 1. The molecule has 0 aliphatic carbocycles. The quantitative estimate of drug-likeness (QED) is 0.139. The number of nitrogens with two attached hydrogens (primary N) is 1. The predicted octanol–water partition coefficient (Wildman–Crippen LogP) is -1.07. The lowest BCUT2D eigenvalue weighted by Gasteiger charge is -2.19. The molecule has 0 aromatic heterocycles. The largest absolute Gasteiger partial charge is 0.370 e. The molecule has 0 saturated carbocycles. The third kappa shape index (κ3) is 6.22. The van der Waals surface area contributed by atoms with Crippen LogP contribution in [0.2, 0.25) is 0 Å². The van der Waals surface area contributed by atoms with E-state index < -0.39 is 20.6 Å². The highest BCUT2D eigenvalue weighted by atomic mass is 31.2. The van der Waals surface area contributed by atoms with Crippen LogP contribution in [0, 0.1) is 5.41 Å². The lowest BCUT2D eigenvalue weighted by atomic mass is 10.3. The van der Waals surface area contributed by atoms with E-state index in [1.807, 2.05) is 0 Å². The molecule has 0 spiro atoms. The van der Waals surface area contributed by atoms with Crippen molar-refractivity contribution in [3.8, 4) is 0 Å². The van der Waals surface area contributed by atoms with Crippen LogP contribution in [0.5, 0.6) is 0 Å². The molecule has 0 radical (unpaired) electrons. The number of hydrogen-bond acceptors (Lipinski definition) is 3. The van der Waals surface area contributed by atoms with Gasteiger partial charge in [0.2, 0.25) is 0 Å². The molecule has 0 heterocycles. The first-order valence-corrected chi connectivity index (χ1v) is 7.60. The summed E-state index contributed by atoms with van der Waals surface area (Å²) in [4.78, 5) is 35.0. The number of nitrogens with one attached hydrogen (secondary N) is 2. The van der Waals surface area contributed by atoms with E-state index >= 15 is 0 Å². The fourth-order valence-electron chi connectivity index (χ4n) is 1.04. The zero-order chi connectivity index (χ0) is 13.0. The van der Waals surface area contributed by atoms with Gasteiger partial charge in [0, 0.05) is 6.54 Å². The van der Waals surface area contributed by atoms with E-state index in [0.29, 0.717) is 0 Å². The Balaban J connectivity index is 4.32. The van der Waals surface area contributed by atoms with Gasteiger partial charge >= 0.3 is 15.2 Å². The van der Waals surface area contributed by atoms with Gasteiger partial charge in [-0.2, -0.15) is 0 Å². The minimum Gasteiger partial charge on any atom is -0.370 e. The standard InChI is InChI=1S/C5H15N3O6P2/c6-5(7)8-3-1-2-4(15(9,10)11)16(12,13)14/h4H,1-3H2,(H4,6,7,8)(H2,9,10,11)(H2,12,13,14). The van der Waals surface area contributed by atoms with Crippen LogP contribution in [-0.2, 0) is 9.13 Å². The molecule has 0 aromatic carbocycles. The molecule has 16 heavy (non-hydrogen) atoms. The highest BCUT2D eigenvalue weighted by Crippen LogP contribution is 2.61. The lowest BCUT2D eigenvalue weighted by Crippen LogP contribution is -2.31. The SMILES string of the molecule is N=C(N)NCCCC(P(=O)(O)O)P(=O)(O)O. The van der Waals surface area contributed by atoms with Crippen molar-refractivity contribution < 1.29 is 28.7 Å². The summed E-state index contributed by atoms with van der Waals surface area (Å²) in [6, 6.07) is 0. The fourth-order valence-corrected chi connectivity index (χ4v) is 3.65. The van der Waals surface area contributed by atoms with Gasteiger partial charge < -0.3 is 30.6 Å². The molecule has 0 atom stereocenters. The zero-order valence-electron chi connectivity index (χ0n) is 8.28. The van der Waals surface area contributed by atoms with Gasteiger partial charge in [-0.3, -0.25) is 14.5 Å². The van der Waals surface area contributed by atoms with Crippen LogP contribution in [0.1, 0.15) is 12.8 Å². The summed E-state index contributed by atoms with van der Waals surface area (Å²) in [6.45, 7) is 0.117. The topological polar surface area (TPSA) is 177 Å². The van der Waals surface area contributed by atoms with Crippen molar-refractivity contribution in [2.24, 2.45) is 5.73 Å². The molecule has 11 heteroatoms. The van der Waals surface area contributed by atoms with Crippen LogP contribution in [0.25, 0.3) is 0 Å². The number of hydrogen-bond donors (Lipinski definition) is 7. The molecule has 9 nitrogen and oxygen atoms in total. The van der Waals surface area contributed by atoms with Gasteiger partial charge in [0.1, 0.15) is 0 Å². The Labute approximate surface area is 91.9 Å². The maximum atomic E-state index is 10.8. The van der Waals surface area contributed by atoms with Crippen molar-refractivity contribution >= 4 is 21.2 Å². The Hall–Kier alpha value is -0.430. The molecular formula is C5H15N3O6P2. The van der Waals surface area contributed by atoms with E-state index in [-0.39, 0.29) is 25.3 Å². The average Bonchev–Trinajstić information content (AvgIpc) is 1.97. The molecule has 0 fully saturated rings. The molecule has 0 bridgehead atoms. The second-order valence-corrected chi connectivity index (χ2v) is 7.15. The van der Waals surface area contributed by atoms with E-state index in [1.165, 1.54) is 0 Å². The second-order valence-electron chi connectivity index (χ2n) is 3.14. The molecule has 0 saturated heterocycles. The first kappa shape index (κ1) is 15.6. The molecule has 0 unspecified atom stereocenters. The summed E-state index contributed by atoms with van der Waals surface area (Å²) in [7, 11) is -9.67.